The number of carbonyl (C=O) groups is 3. The topological polar surface area (TPSA) is 86.7 Å². The van der Waals surface area contributed by atoms with Gasteiger partial charge in [-0.2, -0.15) is 0 Å². The van der Waals surface area contributed by atoms with E-state index in [9.17, 15) is 14.4 Å². The molecule has 1 fully saturated rings. The van der Waals surface area contributed by atoms with E-state index in [-0.39, 0.29) is 24.2 Å². The van der Waals surface area contributed by atoms with Crippen molar-refractivity contribution in [3.05, 3.63) is 29.8 Å². The number of hydrogen-bond donors (Lipinski definition) is 2. The summed E-state index contributed by atoms with van der Waals surface area (Å²) in [7, 11) is 1.71. The molecule has 1 aromatic carbocycles. The maximum Gasteiger partial charge on any atom is 0.303 e. The summed E-state index contributed by atoms with van der Waals surface area (Å²) in [6, 6.07) is 7.09. The molecule has 1 aliphatic carbocycles. The Kier molecular flexibility index (Phi) is 6.35. The number of anilines is 1. The Balaban J connectivity index is 1.87. The zero-order valence-electron chi connectivity index (χ0n) is 14.0. The minimum atomic E-state index is -0.795. The Morgan fingerprint density at radius 1 is 1.17 bits per heavy atom. The van der Waals surface area contributed by atoms with Crippen LogP contribution in [0.25, 0.3) is 0 Å². The zero-order chi connectivity index (χ0) is 17.5. The number of carbonyl (C=O) groups excluding carboxylic acids is 2. The molecule has 2 rings (SSSR count). The molecule has 6 nitrogen and oxygen atoms in total. The zero-order valence-corrected chi connectivity index (χ0v) is 14.0. The van der Waals surface area contributed by atoms with Crippen molar-refractivity contribution in [3.8, 4) is 0 Å². The number of aliphatic carboxylic acids is 1. The number of nitrogens with one attached hydrogen (secondary N) is 1. The Labute approximate surface area is 141 Å². The molecule has 0 saturated heterocycles. The van der Waals surface area contributed by atoms with Crippen molar-refractivity contribution in [3.63, 3.8) is 0 Å². The third-order valence-electron chi connectivity index (χ3n) is 4.12. The van der Waals surface area contributed by atoms with E-state index in [2.05, 4.69) is 5.32 Å². The summed E-state index contributed by atoms with van der Waals surface area (Å²) in [6.45, 7) is 0.493. The molecule has 6 heteroatoms. The third-order valence-corrected chi connectivity index (χ3v) is 4.12. The van der Waals surface area contributed by atoms with Crippen LogP contribution in [0.5, 0.6) is 0 Å². The van der Waals surface area contributed by atoms with Crippen LogP contribution in [-0.2, 0) is 9.59 Å². The van der Waals surface area contributed by atoms with Gasteiger partial charge in [-0.05, 0) is 37.8 Å². The molecule has 1 aliphatic rings. The number of unbranched alkanes of at least 4 members (excludes halogenated alkanes) is 2. The number of carboxylic acid groups (broad SMARTS) is 1. The molecule has 0 atom stereocenters. The fraction of sp³-hybridized carbons (Fsp3) is 0.500. The van der Waals surface area contributed by atoms with E-state index in [1.165, 1.54) is 0 Å². The van der Waals surface area contributed by atoms with E-state index in [1.807, 2.05) is 6.07 Å². The van der Waals surface area contributed by atoms with Crippen molar-refractivity contribution >= 4 is 23.5 Å². The number of para-hydroxylation sites is 1. The van der Waals surface area contributed by atoms with Crippen LogP contribution in [0.2, 0.25) is 0 Å². The highest BCUT2D eigenvalue weighted by Crippen LogP contribution is 2.33. The molecule has 130 valence electrons. The fourth-order valence-electron chi connectivity index (χ4n) is 2.56. The van der Waals surface area contributed by atoms with Gasteiger partial charge in [0.2, 0.25) is 5.91 Å². The van der Waals surface area contributed by atoms with E-state index in [4.69, 9.17) is 5.11 Å². The van der Waals surface area contributed by atoms with Gasteiger partial charge < -0.3 is 15.3 Å². The van der Waals surface area contributed by atoms with Gasteiger partial charge in [0.05, 0.1) is 11.3 Å². The van der Waals surface area contributed by atoms with Crippen molar-refractivity contribution in [1.29, 1.82) is 0 Å². The van der Waals surface area contributed by atoms with Crippen molar-refractivity contribution < 1.29 is 19.5 Å². The summed E-state index contributed by atoms with van der Waals surface area (Å²) in [6.07, 6.45) is 4.11. The third kappa shape index (κ3) is 5.08. The first-order valence-corrected chi connectivity index (χ1v) is 8.37. The van der Waals surface area contributed by atoms with E-state index >= 15 is 0 Å². The summed E-state index contributed by atoms with van der Waals surface area (Å²) in [5.74, 6) is -0.847. The van der Waals surface area contributed by atoms with Crippen LogP contribution < -0.4 is 10.2 Å². The van der Waals surface area contributed by atoms with E-state index in [1.54, 1.807) is 30.1 Å². The quantitative estimate of drug-likeness (QED) is 0.680. The van der Waals surface area contributed by atoms with Gasteiger partial charge in [-0.3, -0.25) is 14.4 Å². The molecule has 2 N–H and O–H groups in total. The molecule has 0 aromatic heterocycles. The van der Waals surface area contributed by atoms with Crippen LogP contribution in [0.4, 0.5) is 5.69 Å². The standard InChI is InChI=1S/C18H24N2O4/c1-20(18(24)13-10-11-13)15-8-5-4-7-14(15)17(23)19-12-6-2-3-9-16(21)22/h4-5,7-8,13H,2-3,6,9-12H2,1H3,(H,19,23)(H,21,22). The van der Waals surface area contributed by atoms with Crippen LogP contribution in [0.3, 0.4) is 0 Å². The minimum absolute atomic E-state index is 0.0592. The van der Waals surface area contributed by atoms with Crippen molar-refractivity contribution in [2.45, 2.75) is 38.5 Å². The van der Waals surface area contributed by atoms with Crippen LogP contribution in [-0.4, -0.2) is 36.5 Å². The summed E-state index contributed by atoms with van der Waals surface area (Å²) >= 11 is 0. The van der Waals surface area contributed by atoms with E-state index < -0.39 is 5.97 Å². The molecule has 0 aliphatic heterocycles. The normalized spacial score (nSPS) is 13.4. The van der Waals surface area contributed by atoms with Crippen molar-refractivity contribution in [1.82, 2.24) is 5.32 Å². The predicted octanol–water partition coefficient (Wildman–Crippen LogP) is 2.43. The lowest BCUT2D eigenvalue weighted by Crippen LogP contribution is -2.31. The van der Waals surface area contributed by atoms with Gasteiger partial charge in [-0.25, -0.2) is 0 Å². The van der Waals surface area contributed by atoms with Crippen molar-refractivity contribution in [2.24, 2.45) is 5.92 Å². The van der Waals surface area contributed by atoms with Gasteiger partial charge in [0.1, 0.15) is 0 Å². The van der Waals surface area contributed by atoms with Crippen LogP contribution in [0.15, 0.2) is 24.3 Å². The second kappa shape index (κ2) is 8.47. The minimum Gasteiger partial charge on any atom is -0.481 e. The first-order valence-electron chi connectivity index (χ1n) is 8.37. The maximum atomic E-state index is 12.4. The van der Waals surface area contributed by atoms with Crippen LogP contribution in [0.1, 0.15) is 48.9 Å². The first-order chi connectivity index (χ1) is 11.5. The monoisotopic (exact) mass is 332 g/mol. The maximum absolute atomic E-state index is 12.4. The van der Waals surface area contributed by atoms with E-state index in [0.29, 0.717) is 24.2 Å². The summed E-state index contributed by atoms with van der Waals surface area (Å²) < 4.78 is 0. The lowest BCUT2D eigenvalue weighted by Gasteiger charge is -2.20. The molecular formula is C18H24N2O4. The van der Waals surface area contributed by atoms with Gasteiger partial charge in [-0.15, -0.1) is 0 Å². The second-order valence-electron chi connectivity index (χ2n) is 6.15. The predicted molar refractivity (Wildman–Crippen MR) is 91.0 cm³/mol. The number of amides is 2. The Hall–Kier alpha value is -2.37. The van der Waals surface area contributed by atoms with Gasteiger partial charge in [-0.1, -0.05) is 18.6 Å². The Morgan fingerprint density at radius 3 is 2.54 bits per heavy atom. The number of carboxylic acids is 1. The molecule has 1 saturated carbocycles. The van der Waals surface area contributed by atoms with Gasteiger partial charge in [0.15, 0.2) is 0 Å². The molecule has 0 unspecified atom stereocenters. The lowest BCUT2D eigenvalue weighted by molar-refractivity contribution is -0.137. The van der Waals surface area contributed by atoms with Crippen LogP contribution in [0, 0.1) is 5.92 Å². The summed E-state index contributed by atoms with van der Waals surface area (Å²) in [5, 5.41) is 11.4. The molecule has 0 heterocycles. The average Bonchev–Trinajstić information content (AvgIpc) is 3.41. The largest absolute Gasteiger partial charge is 0.481 e. The molecule has 24 heavy (non-hydrogen) atoms. The molecule has 0 bridgehead atoms. The summed E-state index contributed by atoms with van der Waals surface area (Å²) in [5.41, 5.74) is 1.11. The Bertz CT molecular complexity index is 611. The number of nitrogens with zero attached hydrogens (tertiary/aromatic N) is 1. The van der Waals surface area contributed by atoms with Gasteiger partial charge >= 0.3 is 5.97 Å². The second-order valence-corrected chi connectivity index (χ2v) is 6.15. The molecule has 0 spiro atoms. The highest BCUT2D eigenvalue weighted by molar-refractivity contribution is 6.05. The number of hydrogen-bond acceptors (Lipinski definition) is 3. The van der Waals surface area contributed by atoms with Gasteiger partial charge in [0.25, 0.3) is 5.91 Å². The van der Waals surface area contributed by atoms with Crippen molar-refractivity contribution in [2.75, 3.05) is 18.5 Å². The highest BCUT2D eigenvalue weighted by Gasteiger charge is 2.33. The molecule has 0 radical (unpaired) electrons. The number of rotatable bonds is 9. The number of benzene rings is 1. The fourth-order valence-corrected chi connectivity index (χ4v) is 2.56. The van der Waals surface area contributed by atoms with E-state index in [0.717, 1.165) is 25.7 Å². The lowest BCUT2D eigenvalue weighted by atomic mass is 10.1. The average molecular weight is 332 g/mol. The molecule has 2 amide bonds. The highest BCUT2D eigenvalue weighted by atomic mass is 16.4. The summed E-state index contributed by atoms with van der Waals surface area (Å²) in [4.78, 5) is 36.6. The first kappa shape index (κ1) is 18.0. The molecule has 1 aromatic rings. The molecular weight excluding hydrogens is 308 g/mol. The SMILES string of the molecule is CN(C(=O)C1CC1)c1ccccc1C(=O)NCCCCCC(=O)O. The Morgan fingerprint density at radius 2 is 1.88 bits per heavy atom. The van der Waals surface area contributed by atoms with Gasteiger partial charge in [0, 0.05) is 25.9 Å². The smallest absolute Gasteiger partial charge is 0.303 e. The van der Waals surface area contributed by atoms with Crippen LogP contribution >= 0.6 is 0 Å².